The van der Waals surface area contributed by atoms with E-state index >= 15 is 0 Å². The fraction of sp³-hybridized carbons (Fsp3) is 0.231. The molecule has 0 saturated heterocycles. The average molecular weight is 280 g/mol. The van der Waals surface area contributed by atoms with Gasteiger partial charge in [0.15, 0.2) is 0 Å². The van der Waals surface area contributed by atoms with Crippen LogP contribution in [0.3, 0.4) is 0 Å². The SMILES string of the molecule is COC(CNC(=O)c1ccn[nH]1)c1cccc(Cl)c1. The lowest BCUT2D eigenvalue weighted by Gasteiger charge is -2.16. The second kappa shape index (κ2) is 6.36. The Kier molecular flexibility index (Phi) is 4.54. The summed E-state index contributed by atoms with van der Waals surface area (Å²) in [7, 11) is 1.59. The number of methoxy groups -OCH3 is 1. The van der Waals surface area contributed by atoms with Crippen molar-refractivity contribution in [3.05, 3.63) is 52.8 Å². The van der Waals surface area contributed by atoms with Crippen LogP contribution in [-0.4, -0.2) is 29.8 Å². The van der Waals surface area contributed by atoms with E-state index in [9.17, 15) is 4.79 Å². The number of carbonyl (C=O) groups excluding carboxylic acids is 1. The maximum absolute atomic E-state index is 11.8. The molecule has 0 aliphatic heterocycles. The van der Waals surface area contributed by atoms with Crippen LogP contribution in [0.25, 0.3) is 0 Å². The van der Waals surface area contributed by atoms with Crippen molar-refractivity contribution >= 4 is 17.5 Å². The highest BCUT2D eigenvalue weighted by atomic mass is 35.5. The minimum absolute atomic E-state index is 0.221. The first-order chi connectivity index (χ1) is 9.20. The smallest absolute Gasteiger partial charge is 0.269 e. The molecule has 1 unspecified atom stereocenters. The van der Waals surface area contributed by atoms with Crippen molar-refractivity contribution in [2.24, 2.45) is 0 Å². The van der Waals surface area contributed by atoms with E-state index in [2.05, 4.69) is 15.5 Å². The Morgan fingerprint density at radius 1 is 1.53 bits per heavy atom. The minimum Gasteiger partial charge on any atom is -0.375 e. The normalized spacial score (nSPS) is 12.1. The Balaban J connectivity index is 1.98. The summed E-state index contributed by atoms with van der Waals surface area (Å²) in [6, 6.07) is 8.97. The molecule has 2 rings (SSSR count). The van der Waals surface area contributed by atoms with Gasteiger partial charge >= 0.3 is 0 Å². The Morgan fingerprint density at radius 3 is 3.00 bits per heavy atom. The van der Waals surface area contributed by atoms with Crippen LogP contribution in [0.2, 0.25) is 5.02 Å². The molecule has 5 nitrogen and oxygen atoms in total. The zero-order chi connectivity index (χ0) is 13.7. The van der Waals surface area contributed by atoms with Crippen LogP contribution >= 0.6 is 11.6 Å². The monoisotopic (exact) mass is 279 g/mol. The Bertz CT molecular complexity index is 543. The molecule has 0 aliphatic rings. The molecule has 1 aromatic heterocycles. The van der Waals surface area contributed by atoms with Crippen molar-refractivity contribution in [2.45, 2.75) is 6.10 Å². The van der Waals surface area contributed by atoms with E-state index in [0.29, 0.717) is 17.3 Å². The third-order valence-electron chi connectivity index (χ3n) is 2.70. The van der Waals surface area contributed by atoms with Gasteiger partial charge in [-0.1, -0.05) is 23.7 Å². The van der Waals surface area contributed by atoms with Crippen LogP contribution in [0.4, 0.5) is 0 Å². The molecule has 1 atom stereocenters. The van der Waals surface area contributed by atoms with Gasteiger partial charge in [0.25, 0.3) is 5.91 Å². The molecular weight excluding hydrogens is 266 g/mol. The van der Waals surface area contributed by atoms with Crippen LogP contribution in [0, 0.1) is 0 Å². The predicted molar refractivity (Wildman–Crippen MR) is 72.1 cm³/mol. The number of halogens is 1. The number of aromatic nitrogens is 2. The third kappa shape index (κ3) is 3.56. The van der Waals surface area contributed by atoms with Crippen molar-refractivity contribution in [1.82, 2.24) is 15.5 Å². The fourth-order valence-corrected chi connectivity index (χ4v) is 1.91. The molecular formula is C13H14ClN3O2. The maximum atomic E-state index is 11.8. The van der Waals surface area contributed by atoms with E-state index in [1.807, 2.05) is 18.2 Å². The maximum Gasteiger partial charge on any atom is 0.269 e. The zero-order valence-corrected chi connectivity index (χ0v) is 11.1. The summed E-state index contributed by atoms with van der Waals surface area (Å²) in [5.41, 5.74) is 1.33. The van der Waals surface area contributed by atoms with Gasteiger partial charge in [0.05, 0.1) is 6.10 Å². The molecule has 1 amide bonds. The molecule has 0 aliphatic carbocycles. The summed E-state index contributed by atoms with van der Waals surface area (Å²) < 4.78 is 5.36. The lowest BCUT2D eigenvalue weighted by molar-refractivity contribution is 0.0824. The number of H-pyrrole nitrogens is 1. The first-order valence-corrected chi connectivity index (χ1v) is 6.14. The number of amides is 1. The molecule has 6 heteroatoms. The third-order valence-corrected chi connectivity index (χ3v) is 2.93. The minimum atomic E-state index is -0.245. The second-order valence-electron chi connectivity index (χ2n) is 3.96. The number of hydrogen-bond donors (Lipinski definition) is 2. The standard InChI is InChI=1S/C13H14ClN3O2/c1-19-12(9-3-2-4-10(14)7-9)8-15-13(18)11-5-6-16-17-11/h2-7,12H,8H2,1H3,(H,15,18)(H,16,17). The number of nitrogens with one attached hydrogen (secondary N) is 2. The summed E-state index contributed by atoms with van der Waals surface area (Å²) in [6.45, 7) is 0.356. The van der Waals surface area contributed by atoms with Crippen LogP contribution < -0.4 is 5.32 Å². The first kappa shape index (κ1) is 13.6. The Morgan fingerprint density at radius 2 is 2.37 bits per heavy atom. The average Bonchev–Trinajstić information content (AvgIpc) is 2.93. The molecule has 0 fully saturated rings. The van der Waals surface area contributed by atoms with Crippen molar-refractivity contribution in [1.29, 1.82) is 0 Å². The van der Waals surface area contributed by atoms with Gasteiger partial charge < -0.3 is 10.1 Å². The largest absolute Gasteiger partial charge is 0.375 e. The van der Waals surface area contributed by atoms with Crippen molar-refractivity contribution in [3.63, 3.8) is 0 Å². The number of nitrogens with zero attached hydrogens (tertiary/aromatic N) is 1. The van der Waals surface area contributed by atoms with Gasteiger partial charge in [-0.25, -0.2) is 0 Å². The van der Waals surface area contributed by atoms with Gasteiger partial charge in [-0.3, -0.25) is 9.89 Å². The highest BCUT2D eigenvalue weighted by molar-refractivity contribution is 6.30. The van der Waals surface area contributed by atoms with E-state index < -0.39 is 0 Å². The van der Waals surface area contributed by atoms with Gasteiger partial charge in [-0.05, 0) is 23.8 Å². The van der Waals surface area contributed by atoms with Gasteiger partial charge in [-0.2, -0.15) is 5.10 Å². The number of benzene rings is 1. The van der Waals surface area contributed by atoms with E-state index in [1.54, 1.807) is 19.2 Å². The number of ether oxygens (including phenoxy) is 1. The van der Waals surface area contributed by atoms with Gasteiger partial charge in [0.1, 0.15) is 5.69 Å². The first-order valence-electron chi connectivity index (χ1n) is 5.76. The van der Waals surface area contributed by atoms with Gasteiger partial charge in [0, 0.05) is 24.9 Å². The van der Waals surface area contributed by atoms with E-state index in [0.717, 1.165) is 5.56 Å². The molecule has 1 aromatic carbocycles. The number of hydrogen-bond acceptors (Lipinski definition) is 3. The molecule has 100 valence electrons. The summed E-state index contributed by atoms with van der Waals surface area (Å²) in [5, 5.41) is 9.74. The zero-order valence-electron chi connectivity index (χ0n) is 10.4. The quantitative estimate of drug-likeness (QED) is 0.881. The van der Waals surface area contributed by atoms with Crippen molar-refractivity contribution in [2.75, 3.05) is 13.7 Å². The highest BCUT2D eigenvalue weighted by Crippen LogP contribution is 2.19. The predicted octanol–water partition coefficient (Wildman–Crippen LogP) is 2.18. The van der Waals surface area contributed by atoms with Gasteiger partial charge in [0.2, 0.25) is 0 Å². The molecule has 1 heterocycles. The highest BCUT2D eigenvalue weighted by Gasteiger charge is 2.13. The van der Waals surface area contributed by atoms with Crippen molar-refractivity contribution in [3.8, 4) is 0 Å². The van der Waals surface area contributed by atoms with E-state index in [1.165, 1.54) is 6.20 Å². The molecule has 0 bridgehead atoms. The number of aromatic amines is 1. The van der Waals surface area contributed by atoms with E-state index in [4.69, 9.17) is 16.3 Å². The van der Waals surface area contributed by atoms with Crippen LogP contribution in [-0.2, 0) is 4.74 Å². The molecule has 19 heavy (non-hydrogen) atoms. The van der Waals surface area contributed by atoms with Crippen molar-refractivity contribution < 1.29 is 9.53 Å². The lowest BCUT2D eigenvalue weighted by atomic mass is 10.1. The second-order valence-corrected chi connectivity index (χ2v) is 4.40. The Labute approximate surface area is 115 Å². The summed E-state index contributed by atoms with van der Waals surface area (Å²) in [5.74, 6) is -0.221. The molecule has 0 spiro atoms. The molecule has 0 saturated carbocycles. The lowest BCUT2D eigenvalue weighted by Crippen LogP contribution is -2.29. The van der Waals surface area contributed by atoms with Crippen LogP contribution in [0.1, 0.15) is 22.2 Å². The molecule has 0 radical (unpaired) electrons. The summed E-state index contributed by atoms with van der Waals surface area (Å²) >= 11 is 5.93. The molecule has 2 aromatic rings. The van der Waals surface area contributed by atoms with Crippen LogP contribution in [0.5, 0.6) is 0 Å². The molecule has 2 N–H and O–H groups in total. The number of rotatable bonds is 5. The number of carbonyl (C=O) groups is 1. The topological polar surface area (TPSA) is 67.0 Å². The fourth-order valence-electron chi connectivity index (χ4n) is 1.71. The van der Waals surface area contributed by atoms with Gasteiger partial charge in [-0.15, -0.1) is 0 Å². The van der Waals surface area contributed by atoms with E-state index in [-0.39, 0.29) is 12.0 Å². The summed E-state index contributed by atoms with van der Waals surface area (Å²) in [4.78, 5) is 11.8. The van der Waals surface area contributed by atoms with Crippen LogP contribution in [0.15, 0.2) is 36.5 Å². The Hall–Kier alpha value is -1.85. The summed E-state index contributed by atoms with van der Waals surface area (Å²) in [6.07, 6.45) is 1.28.